The lowest BCUT2D eigenvalue weighted by molar-refractivity contribution is -0.150. The summed E-state index contributed by atoms with van der Waals surface area (Å²) >= 11 is 0. The van der Waals surface area contributed by atoms with E-state index in [-0.39, 0.29) is 0 Å². The van der Waals surface area contributed by atoms with Crippen molar-refractivity contribution >= 4 is 11.9 Å². The number of nitrogens with one attached hydrogen (secondary N) is 2. The molecule has 0 saturated heterocycles. The van der Waals surface area contributed by atoms with E-state index in [0.717, 1.165) is 19.5 Å². The van der Waals surface area contributed by atoms with Gasteiger partial charge < -0.3 is 15.7 Å². The van der Waals surface area contributed by atoms with Crippen molar-refractivity contribution < 1.29 is 14.7 Å². The number of carbonyl (C=O) groups is 2. The van der Waals surface area contributed by atoms with Crippen molar-refractivity contribution in [2.24, 2.45) is 0 Å². The summed E-state index contributed by atoms with van der Waals surface area (Å²) < 4.78 is 0. The number of amides is 1. The van der Waals surface area contributed by atoms with Crippen LogP contribution < -0.4 is 10.6 Å². The molecule has 0 aromatic rings. The van der Waals surface area contributed by atoms with Gasteiger partial charge in [0.25, 0.3) is 0 Å². The van der Waals surface area contributed by atoms with Crippen LogP contribution in [0.2, 0.25) is 0 Å². The van der Waals surface area contributed by atoms with E-state index in [1.54, 1.807) is 0 Å². The molecule has 0 aromatic heterocycles. The quantitative estimate of drug-likeness (QED) is 0.572. The largest absolute Gasteiger partial charge is 0.474 e. The number of hydrogen-bond acceptors (Lipinski definition) is 3. The molecule has 1 amide bonds. The second kappa shape index (κ2) is 11.9. The molecule has 0 atom stereocenters. The fraction of sp³-hybridized carbons (Fsp3) is 0.778. The Morgan fingerprint density at radius 1 is 1.14 bits per heavy atom. The first-order chi connectivity index (χ1) is 6.59. The Kier molecular flexibility index (Phi) is 13.1. The van der Waals surface area contributed by atoms with E-state index < -0.39 is 11.9 Å². The zero-order chi connectivity index (χ0) is 11.4. The molecule has 14 heavy (non-hydrogen) atoms. The second-order valence-corrected chi connectivity index (χ2v) is 2.52. The number of carboxylic acid groups (broad SMARTS) is 1. The Morgan fingerprint density at radius 2 is 1.64 bits per heavy atom. The number of carbonyl (C=O) groups excluding carboxylic acids is 1. The molecular weight excluding hydrogens is 184 g/mol. The minimum atomic E-state index is -1.43. The van der Waals surface area contributed by atoms with Gasteiger partial charge in [-0.05, 0) is 19.5 Å². The third kappa shape index (κ3) is 13.5. The highest BCUT2D eigenvalue weighted by Crippen LogP contribution is 1.70. The normalized spacial score (nSPS) is 8.50. The summed E-state index contributed by atoms with van der Waals surface area (Å²) in [6, 6.07) is 0. The van der Waals surface area contributed by atoms with Crippen LogP contribution in [0.3, 0.4) is 0 Å². The second-order valence-electron chi connectivity index (χ2n) is 2.52. The van der Waals surface area contributed by atoms with E-state index in [0.29, 0.717) is 6.54 Å². The zero-order valence-corrected chi connectivity index (χ0v) is 9.09. The first kappa shape index (κ1) is 15.4. The average molecular weight is 204 g/mol. The molecule has 0 radical (unpaired) electrons. The van der Waals surface area contributed by atoms with Gasteiger partial charge in [0.1, 0.15) is 0 Å². The predicted molar refractivity (Wildman–Crippen MR) is 55.2 cm³/mol. The molecule has 5 heteroatoms. The van der Waals surface area contributed by atoms with Gasteiger partial charge in [0.2, 0.25) is 0 Å². The Morgan fingerprint density at radius 3 is 1.86 bits per heavy atom. The maximum Gasteiger partial charge on any atom is 0.394 e. The van der Waals surface area contributed by atoms with Gasteiger partial charge in [0.15, 0.2) is 0 Å². The van der Waals surface area contributed by atoms with Crippen LogP contribution in [0.15, 0.2) is 0 Å². The molecule has 0 fully saturated rings. The van der Waals surface area contributed by atoms with Crippen LogP contribution in [0.5, 0.6) is 0 Å². The molecule has 0 saturated carbocycles. The van der Waals surface area contributed by atoms with Crippen molar-refractivity contribution in [1.29, 1.82) is 0 Å². The minimum Gasteiger partial charge on any atom is -0.474 e. The summed E-state index contributed by atoms with van der Waals surface area (Å²) in [5.74, 6) is -2.36. The first-order valence-corrected chi connectivity index (χ1v) is 4.81. The monoisotopic (exact) mass is 204 g/mol. The minimum absolute atomic E-state index is 0.422. The lowest BCUT2D eigenvalue weighted by atomic mass is 10.5. The van der Waals surface area contributed by atoms with Crippen molar-refractivity contribution in [2.75, 3.05) is 19.6 Å². The lowest BCUT2D eigenvalue weighted by Gasteiger charge is -1.95. The number of aliphatic carboxylic acids is 1. The van der Waals surface area contributed by atoms with Crippen LogP contribution in [0.1, 0.15) is 27.2 Å². The van der Waals surface area contributed by atoms with Crippen LogP contribution in [0, 0.1) is 0 Å². The summed E-state index contributed by atoms with van der Waals surface area (Å²) in [6.45, 7) is 8.66. The Hall–Kier alpha value is -1.10. The van der Waals surface area contributed by atoms with Crippen LogP contribution in [-0.2, 0) is 9.59 Å². The standard InChI is InChI=1S/C5H9NO3.C4H11N/c1-2-3-6-4(7)5(8)9;1-3-5-4-2/h2-3H2,1H3,(H,6,7)(H,8,9);5H,3-4H2,1-2H3. The third-order valence-electron chi connectivity index (χ3n) is 1.23. The highest BCUT2D eigenvalue weighted by molar-refractivity contribution is 6.31. The van der Waals surface area contributed by atoms with Gasteiger partial charge in [0.05, 0.1) is 0 Å². The molecule has 0 aromatic carbocycles. The first-order valence-electron chi connectivity index (χ1n) is 4.81. The van der Waals surface area contributed by atoms with Crippen molar-refractivity contribution in [2.45, 2.75) is 27.2 Å². The third-order valence-corrected chi connectivity index (χ3v) is 1.23. The molecule has 0 aliphatic rings. The van der Waals surface area contributed by atoms with Gasteiger partial charge in [-0.15, -0.1) is 0 Å². The van der Waals surface area contributed by atoms with Crippen LogP contribution in [0.25, 0.3) is 0 Å². The molecule has 84 valence electrons. The maximum absolute atomic E-state index is 10.2. The van der Waals surface area contributed by atoms with E-state index in [1.807, 2.05) is 6.92 Å². The molecule has 0 spiro atoms. The predicted octanol–water partition coefficient (Wildman–Crippen LogP) is 0.213. The van der Waals surface area contributed by atoms with E-state index >= 15 is 0 Å². The van der Waals surface area contributed by atoms with E-state index in [4.69, 9.17) is 5.11 Å². The van der Waals surface area contributed by atoms with Crippen molar-refractivity contribution in [3.05, 3.63) is 0 Å². The lowest BCUT2D eigenvalue weighted by Crippen LogP contribution is -2.30. The molecular formula is C9H20N2O3. The van der Waals surface area contributed by atoms with Crippen molar-refractivity contribution in [1.82, 2.24) is 10.6 Å². The van der Waals surface area contributed by atoms with Gasteiger partial charge >= 0.3 is 11.9 Å². The zero-order valence-electron chi connectivity index (χ0n) is 9.09. The van der Waals surface area contributed by atoms with Crippen LogP contribution in [-0.4, -0.2) is 36.6 Å². The number of rotatable bonds is 4. The molecule has 5 nitrogen and oxygen atoms in total. The number of carboxylic acids is 1. The molecule has 0 bridgehead atoms. The van der Waals surface area contributed by atoms with Crippen LogP contribution >= 0.6 is 0 Å². The SMILES string of the molecule is CCCNC(=O)C(=O)O.CCNCC. The number of hydrogen-bond donors (Lipinski definition) is 3. The Bertz CT molecular complexity index is 158. The van der Waals surface area contributed by atoms with Crippen LogP contribution in [0.4, 0.5) is 0 Å². The summed E-state index contributed by atoms with van der Waals surface area (Å²) in [6.07, 6.45) is 0.749. The van der Waals surface area contributed by atoms with E-state index in [1.165, 1.54) is 0 Å². The van der Waals surface area contributed by atoms with E-state index in [2.05, 4.69) is 24.5 Å². The van der Waals surface area contributed by atoms with Gasteiger partial charge in [-0.1, -0.05) is 20.8 Å². The Labute approximate surface area is 84.9 Å². The van der Waals surface area contributed by atoms with Crippen molar-refractivity contribution in [3.8, 4) is 0 Å². The summed E-state index contributed by atoms with van der Waals surface area (Å²) in [5.41, 5.74) is 0. The van der Waals surface area contributed by atoms with Crippen molar-refractivity contribution in [3.63, 3.8) is 0 Å². The van der Waals surface area contributed by atoms with E-state index in [9.17, 15) is 9.59 Å². The van der Waals surface area contributed by atoms with Gasteiger partial charge in [0, 0.05) is 6.54 Å². The fourth-order valence-corrected chi connectivity index (χ4v) is 0.564. The van der Waals surface area contributed by atoms with Gasteiger partial charge in [-0.25, -0.2) is 4.79 Å². The highest BCUT2D eigenvalue weighted by Gasteiger charge is 2.07. The Balaban J connectivity index is 0. The maximum atomic E-state index is 10.2. The summed E-state index contributed by atoms with van der Waals surface area (Å²) in [7, 11) is 0. The fourth-order valence-electron chi connectivity index (χ4n) is 0.564. The average Bonchev–Trinajstić information content (AvgIpc) is 2.16. The molecule has 3 N–H and O–H groups in total. The summed E-state index contributed by atoms with van der Waals surface area (Å²) in [4.78, 5) is 20.0. The topological polar surface area (TPSA) is 78.4 Å². The highest BCUT2D eigenvalue weighted by atomic mass is 16.4. The smallest absolute Gasteiger partial charge is 0.394 e. The molecule has 0 rings (SSSR count). The molecule has 0 unspecified atom stereocenters. The molecule has 0 aliphatic carbocycles. The molecule has 0 aliphatic heterocycles. The summed E-state index contributed by atoms with van der Waals surface area (Å²) in [5, 5.41) is 13.3. The van der Waals surface area contributed by atoms with Gasteiger partial charge in [-0.2, -0.15) is 0 Å². The van der Waals surface area contributed by atoms with Gasteiger partial charge in [-0.3, -0.25) is 4.79 Å². The molecule has 0 heterocycles.